The van der Waals surface area contributed by atoms with Crippen LogP contribution in [-0.4, -0.2) is 23.4 Å². The molecule has 5 nitrogen and oxygen atoms in total. The molecule has 0 amide bonds. The molecule has 0 aliphatic rings. The number of hydrogen-bond acceptors (Lipinski definition) is 6. The molecule has 0 spiro atoms. The van der Waals surface area contributed by atoms with Crippen LogP contribution in [0.25, 0.3) is 0 Å². The van der Waals surface area contributed by atoms with Gasteiger partial charge in [0.1, 0.15) is 0 Å². The zero-order valence-corrected chi connectivity index (χ0v) is 11.3. The van der Waals surface area contributed by atoms with Crippen LogP contribution in [0.5, 0.6) is 0 Å². The highest BCUT2D eigenvalue weighted by atomic mass is 32.1. The third kappa shape index (κ3) is 3.38. The quantitative estimate of drug-likeness (QED) is 0.723. The van der Waals surface area contributed by atoms with Crippen molar-refractivity contribution in [2.45, 2.75) is 26.6 Å². The monoisotopic (exact) mass is 268 g/mol. The molecule has 0 saturated carbocycles. The molecular weight excluding hydrogens is 252 g/mol. The molecule has 18 heavy (non-hydrogen) atoms. The van der Waals surface area contributed by atoms with Gasteiger partial charge in [-0.25, -0.2) is 0 Å². The van der Waals surface area contributed by atoms with E-state index in [0.29, 0.717) is 31.3 Å². The Morgan fingerprint density at radius 3 is 2.72 bits per heavy atom. The van der Waals surface area contributed by atoms with Crippen molar-refractivity contribution >= 4 is 11.3 Å². The minimum absolute atomic E-state index is 0.380. The number of ether oxygens (including phenoxy) is 2. The number of rotatable bonds is 7. The molecule has 0 N–H and O–H groups in total. The average Bonchev–Trinajstić information content (AvgIpc) is 3.01. The van der Waals surface area contributed by atoms with Crippen LogP contribution in [0, 0.1) is 0 Å². The molecule has 98 valence electrons. The Morgan fingerprint density at radius 1 is 1.33 bits per heavy atom. The van der Waals surface area contributed by atoms with Crippen LogP contribution in [0.2, 0.25) is 0 Å². The molecule has 0 radical (unpaired) electrons. The van der Waals surface area contributed by atoms with E-state index >= 15 is 0 Å². The molecular formula is C12H16N2O3S. The molecule has 0 saturated heterocycles. The minimum Gasteiger partial charge on any atom is -0.345 e. The van der Waals surface area contributed by atoms with Gasteiger partial charge >= 0.3 is 0 Å². The maximum absolute atomic E-state index is 5.40. The Kier molecular flexibility index (Phi) is 4.86. The van der Waals surface area contributed by atoms with Crippen molar-refractivity contribution in [2.75, 3.05) is 13.2 Å². The van der Waals surface area contributed by atoms with Gasteiger partial charge in [0.05, 0.1) is 0 Å². The lowest BCUT2D eigenvalue weighted by atomic mass is 10.3. The molecule has 0 aliphatic carbocycles. The van der Waals surface area contributed by atoms with Crippen molar-refractivity contribution in [1.82, 2.24) is 10.1 Å². The minimum atomic E-state index is -0.565. The van der Waals surface area contributed by atoms with E-state index in [-0.39, 0.29) is 0 Å². The summed E-state index contributed by atoms with van der Waals surface area (Å²) in [4.78, 5) is 5.50. The van der Waals surface area contributed by atoms with Gasteiger partial charge in [-0.3, -0.25) is 0 Å². The maximum atomic E-state index is 5.40. The largest absolute Gasteiger partial charge is 0.345 e. The third-order valence-electron chi connectivity index (χ3n) is 2.23. The van der Waals surface area contributed by atoms with Crippen LogP contribution in [0.3, 0.4) is 0 Å². The zero-order chi connectivity index (χ0) is 12.8. The second-order valence-electron chi connectivity index (χ2n) is 3.55. The van der Waals surface area contributed by atoms with Gasteiger partial charge in [-0.1, -0.05) is 11.2 Å². The fraction of sp³-hybridized carbons (Fsp3) is 0.500. The Balaban J connectivity index is 2.03. The lowest BCUT2D eigenvalue weighted by molar-refractivity contribution is -0.155. The van der Waals surface area contributed by atoms with Gasteiger partial charge in [-0.15, -0.1) is 11.3 Å². The summed E-state index contributed by atoms with van der Waals surface area (Å²) in [6, 6.07) is 4.05. The number of nitrogens with zero attached hydrogens (tertiary/aromatic N) is 2. The Morgan fingerprint density at radius 2 is 2.11 bits per heavy atom. The second-order valence-corrected chi connectivity index (χ2v) is 4.58. The average molecular weight is 268 g/mol. The SMILES string of the molecule is CCOC(OCC)c1nc(Cc2cccs2)no1. The highest BCUT2D eigenvalue weighted by molar-refractivity contribution is 7.09. The van der Waals surface area contributed by atoms with Crippen LogP contribution in [0.1, 0.15) is 36.7 Å². The Labute approximate surface area is 110 Å². The standard InChI is InChI=1S/C12H16N2O3S/c1-3-15-12(16-4-2)11-13-10(14-17-11)8-9-6-5-7-18-9/h5-7,12H,3-4,8H2,1-2H3. The second kappa shape index (κ2) is 6.63. The van der Waals surface area contributed by atoms with E-state index in [1.54, 1.807) is 11.3 Å². The van der Waals surface area contributed by atoms with Gasteiger partial charge in [0.25, 0.3) is 5.89 Å². The van der Waals surface area contributed by atoms with Crippen LogP contribution in [0.4, 0.5) is 0 Å². The molecule has 0 atom stereocenters. The molecule has 0 fully saturated rings. The van der Waals surface area contributed by atoms with Crippen LogP contribution in [0.15, 0.2) is 22.0 Å². The Bertz CT molecular complexity index is 450. The molecule has 2 aromatic heterocycles. The fourth-order valence-electron chi connectivity index (χ4n) is 1.50. The highest BCUT2D eigenvalue weighted by Crippen LogP contribution is 2.19. The van der Waals surface area contributed by atoms with Gasteiger partial charge in [0.15, 0.2) is 5.82 Å². The van der Waals surface area contributed by atoms with Crippen molar-refractivity contribution in [3.63, 3.8) is 0 Å². The first kappa shape index (κ1) is 13.2. The van der Waals surface area contributed by atoms with Gasteiger partial charge < -0.3 is 14.0 Å². The maximum Gasteiger partial charge on any atom is 0.283 e. The molecule has 2 aromatic rings. The predicted molar refractivity (Wildman–Crippen MR) is 67.4 cm³/mol. The lowest BCUT2D eigenvalue weighted by Gasteiger charge is -2.11. The molecule has 0 bridgehead atoms. The smallest absolute Gasteiger partial charge is 0.283 e. The first-order valence-electron chi connectivity index (χ1n) is 5.91. The molecule has 0 unspecified atom stereocenters. The van der Waals surface area contributed by atoms with Crippen molar-refractivity contribution in [1.29, 1.82) is 0 Å². The van der Waals surface area contributed by atoms with Crippen LogP contribution >= 0.6 is 11.3 Å². The lowest BCUT2D eigenvalue weighted by Crippen LogP contribution is -2.09. The van der Waals surface area contributed by atoms with Crippen LogP contribution < -0.4 is 0 Å². The fourth-order valence-corrected chi connectivity index (χ4v) is 2.20. The summed E-state index contributed by atoms with van der Waals surface area (Å²) >= 11 is 1.67. The summed E-state index contributed by atoms with van der Waals surface area (Å²) in [7, 11) is 0. The molecule has 2 heterocycles. The molecule has 0 aromatic carbocycles. The molecule has 2 rings (SSSR count). The predicted octanol–water partition coefficient (Wildman–Crippen LogP) is 2.79. The first-order valence-corrected chi connectivity index (χ1v) is 6.79. The van der Waals surface area contributed by atoms with Gasteiger partial charge in [-0.05, 0) is 25.3 Å². The first-order chi connectivity index (χ1) is 8.83. The van der Waals surface area contributed by atoms with Crippen molar-refractivity contribution in [3.05, 3.63) is 34.1 Å². The van der Waals surface area contributed by atoms with Crippen LogP contribution in [-0.2, 0) is 15.9 Å². The number of hydrogen-bond donors (Lipinski definition) is 0. The van der Waals surface area contributed by atoms with E-state index in [4.69, 9.17) is 14.0 Å². The summed E-state index contributed by atoms with van der Waals surface area (Å²) in [5.41, 5.74) is 0. The normalized spacial score (nSPS) is 11.3. The van der Waals surface area contributed by atoms with E-state index in [1.807, 2.05) is 31.4 Å². The van der Waals surface area contributed by atoms with Gasteiger partial charge in [-0.2, -0.15) is 4.98 Å². The number of aromatic nitrogens is 2. The molecule has 6 heteroatoms. The summed E-state index contributed by atoms with van der Waals surface area (Å²) in [6.07, 6.45) is 0.108. The third-order valence-corrected chi connectivity index (χ3v) is 3.11. The van der Waals surface area contributed by atoms with E-state index in [9.17, 15) is 0 Å². The van der Waals surface area contributed by atoms with Crippen molar-refractivity contribution < 1.29 is 14.0 Å². The topological polar surface area (TPSA) is 57.4 Å². The summed E-state index contributed by atoms with van der Waals surface area (Å²) < 4.78 is 16.0. The van der Waals surface area contributed by atoms with Crippen molar-refractivity contribution in [3.8, 4) is 0 Å². The van der Waals surface area contributed by atoms with Gasteiger partial charge in [0, 0.05) is 24.5 Å². The van der Waals surface area contributed by atoms with E-state index in [2.05, 4.69) is 10.1 Å². The zero-order valence-electron chi connectivity index (χ0n) is 10.5. The molecule has 0 aliphatic heterocycles. The summed E-state index contributed by atoms with van der Waals surface area (Å²) in [6.45, 7) is 4.87. The van der Waals surface area contributed by atoms with Gasteiger partial charge in [0.2, 0.25) is 6.29 Å². The Hall–Kier alpha value is -1.24. The van der Waals surface area contributed by atoms with Crippen molar-refractivity contribution in [2.24, 2.45) is 0 Å². The highest BCUT2D eigenvalue weighted by Gasteiger charge is 2.19. The number of thiophene rings is 1. The van der Waals surface area contributed by atoms with E-state index < -0.39 is 6.29 Å². The summed E-state index contributed by atoms with van der Waals surface area (Å²) in [5.74, 6) is 1.03. The van der Waals surface area contributed by atoms with E-state index in [0.717, 1.165) is 0 Å². The van der Waals surface area contributed by atoms with E-state index in [1.165, 1.54) is 4.88 Å². The summed E-state index contributed by atoms with van der Waals surface area (Å²) in [5, 5.41) is 5.96.